The van der Waals surface area contributed by atoms with Gasteiger partial charge in [0.15, 0.2) is 0 Å². The fourth-order valence-corrected chi connectivity index (χ4v) is 2.06. The zero-order chi connectivity index (χ0) is 12.9. The third-order valence-electron chi connectivity index (χ3n) is 3.04. The Bertz CT molecular complexity index is 393. The van der Waals surface area contributed by atoms with E-state index in [0.717, 1.165) is 17.8 Å². The van der Waals surface area contributed by atoms with Gasteiger partial charge in [-0.2, -0.15) is 0 Å². The highest BCUT2D eigenvalue weighted by Crippen LogP contribution is 2.27. The summed E-state index contributed by atoms with van der Waals surface area (Å²) in [5.74, 6) is -0.829. The molecule has 0 radical (unpaired) electrons. The summed E-state index contributed by atoms with van der Waals surface area (Å²) in [6.45, 7) is 4.01. The van der Waals surface area contributed by atoms with Crippen molar-refractivity contribution in [1.82, 2.24) is 4.98 Å². The van der Waals surface area contributed by atoms with Crippen molar-refractivity contribution in [2.75, 3.05) is 6.54 Å². The zero-order valence-electron chi connectivity index (χ0n) is 10.4. The lowest BCUT2D eigenvalue weighted by Crippen LogP contribution is -2.40. The molecule has 1 atom stereocenters. The molecule has 0 bridgehead atoms. The lowest BCUT2D eigenvalue weighted by Gasteiger charge is -2.27. The number of carbonyl (C=O) groups is 1. The Morgan fingerprint density at radius 3 is 2.71 bits per heavy atom. The van der Waals surface area contributed by atoms with Crippen LogP contribution in [0.4, 0.5) is 0 Å². The third kappa shape index (κ3) is 3.27. The highest BCUT2D eigenvalue weighted by molar-refractivity contribution is 5.75. The van der Waals surface area contributed by atoms with Gasteiger partial charge in [-0.3, -0.25) is 9.78 Å². The average molecular weight is 236 g/mol. The molecular formula is C13H20N2O2. The number of nitrogens with two attached hydrogens (primary N) is 1. The van der Waals surface area contributed by atoms with E-state index in [9.17, 15) is 9.90 Å². The smallest absolute Gasteiger partial charge is 0.311 e. The molecule has 1 aromatic heterocycles. The Balaban J connectivity index is 2.96. The van der Waals surface area contributed by atoms with Crippen molar-refractivity contribution in [3.8, 4) is 0 Å². The summed E-state index contributed by atoms with van der Waals surface area (Å²) in [7, 11) is 0. The van der Waals surface area contributed by atoms with Gasteiger partial charge in [0, 0.05) is 24.4 Å². The van der Waals surface area contributed by atoms with Gasteiger partial charge in [0.2, 0.25) is 0 Å². The number of hydrogen-bond donors (Lipinski definition) is 2. The number of pyridine rings is 1. The fourth-order valence-electron chi connectivity index (χ4n) is 2.06. The van der Waals surface area contributed by atoms with Gasteiger partial charge >= 0.3 is 5.97 Å². The van der Waals surface area contributed by atoms with Crippen LogP contribution < -0.4 is 5.73 Å². The van der Waals surface area contributed by atoms with E-state index >= 15 is 0 Å². The molecular weight excluding hydrogens is 216 g/mol. The lowest BCUT2D eigenvalue weighted by atomic mass is 9.79. The minimum absolute atomic E-state index is 0.145. The quantitative estimate of drug-likeness (QED) is 0.789. The summed E-state index contributed by atoms with van der Waals surface area (Å²) in [6, 6.07) is 5.65. The number of rotatable bonds is 6. The molecule has 1 unspecified atom stereocenters. The fraction of sp³-hybridized carbons (Fsp3) is 0.538. The molecule has 94 valence electrons. The van der Waals surface area contributed by atoms with Crippen LogP contribution >= 0.6 is 0 Å². The van der Waals surface area contributed by atoms with E-state index in [4.69, 9.17) is 5.73 Å². The van der Waals surface area contributed by atoms with Crippen molar-refractivity contribution in [3.05, 3.63) is 29.6 Å². The molecule has 0 aliphatic rings. The predicted molar refractivity (Wildman–Crippen MR) is 66.7 cm³/mol. The van der Waals surface area contributed by atoms with Crippen molar-refractivity contribution >= 4 is 5.97 Å². The van der Waals surface area contributed by atoms with Gasteiger partial charge in [-0.05, 0) is 25.5 Å². The third-order valence-corrected chi connectivity index (χ3v) is 3.04. The Morgan fingerprint density at radius 2 is 2.24 bits per heavy atom. The van der Waals surface area contributed by atoms with Crippen LogP contribution in [0.15, 0.2) is 18.2 Å². The molecule has 4 nitrogen and oxygen atoms in total. The first-order chi connectivity index (χ1) is 8.04. The van der Waals surface area contributed by atoms with Crippen LogP contribution in [0.2, 0.25) is 0 Å². The van der Waals surface area contributed by atoms with Crippen LogP contribution in [-0.2, 0) is 11.2 Å². The van der Waals surface area contributed by atoms with E-state index < -0.39 is 11.4 Å². The molecule has 0 aromatic carbocycles. The van der Waals surface area contributed by atoms with Gasteiger partial charge in [0.05, 0.1) is 5.41 Å². The number of aryl methyl sites for hydroxylation is 1. The molecule has 0 amide bonds. The monoisotopic (exact) mass is 236 g/mol. The van der Waals surface area contributed by atoms with Crippen molar-refractivity contribution in [2.24, 2.45) is 11.1 Å². The molecule has 0 saturated heterocycles. The van der Waals surface area contributed by atoms with Crippen LogP contribution in [-0.4, -0.2) is 22.6 Å². The standard InChI is InChI=1S/C13H20N2O2/c1-3-7-13(9-14,12(16)17)8-11-6-4-5-10(2)15-11/h4-6H,3,7-9,14H2,1-2H3,(H,16,17). The second-order valence-electron chi connectivity index (χ2n) is 4.49. The highest BCUT2D eigenvalue weighted by atomic mass is 16.4. The van der Waals surface area contributed by atoms with Crippen molar-refractivity contribution < 1.29 is 9.90 Å². The lowest BCUT2D eigenvalue weighted by molar-refractivity contribution is -0.148. The maximum absolute atomic E-state index is 11.4. The number of nitrogens with zero attached hydrogens (tertiary/aromatic N) is 1. The second kappa shape index (κ2) is 5.77. The maximum Gasteiger partial charge on any atom is 0.311 e. The Morgan fingerprint density at radius 1 is 1.53 bits per heavy atom. The summed E-state index contributed by atoms with van der Waals surface area (Å²) in [5.41, 5.74) is 6.49. The van der Waals surface area contributed by atoms with E-state index in [0.29, 0.717) is 12.8 Å². The number of aliphatic carboxylic acids is 1. The summed E-state index contributed by atoms with van der Waals surface area (Å²) >= 11 is 0. The second-order valence-corrected chi connectivity index (χ2v) is 4.49. The SMILES string of the molecule is CCCC(CN)(Cc1cccc(C)n1)C(=O)O. The number of aromatic nitrogens is 1. The summed E-state index contributed by atoms with van der Waals surface area (Å²) in [4.78, 5) is 15.8. The minimum Gasteiger partial charge on any atom is -0.481 e. The number of carboxylic acids is 1. The molecule has 0 aliphatic carbocycles. The van der Waals surface area contributed by atoms with Gasteiger partial charge in [-0.15, -0.1) is 0 Å². The summed E-state index contributed by atoms with van der Waals surface area (Å²) in [6.07, 6.45) is 1.78. The largest absolute Gasteiger partial charge is 0.481 e. The average Bonchev–Trinajstić information content (AvgIpc) is 2.28. The van der Waals surface area contributed by atoms with Crippen LogP contribution in [0.3, 0.4) is 0 Å². The normalized spacial score (nSPS) is 14.3. The Kier molecular flexibility index (Phi) is 4.63. The molecule has 17 heavy (non-hydrogen) atoms. The Labute approximate surface area is 102 Å². The van der Waals surface area contributed by atoms with E-state index in [1.54, 1.807) is 0 Å². The molecule has 0 spiro atoms. The summed E-state index contributed by atoms with van der Waals surface area (Å²) in [5, 5.41) is 9.38. The van der Waals surface area contributed by atoms with Crippen LogP contribution in [0.1, 0.15) is 31.2 Å². The Hall–Kier alpha value is -1.42. The molecule has 0 fully saturated rings. The van der Waals surface area contributed by atoms with Crippen LogP contribution in [0, 0.1) is 12.3 Å². The van der Waals surface area contributed by atoms with Gasteiger partial charge in [0.25, 0.3) is 0 Å². The van der Waals surface area contributed by atoms with Gasteiger partial charge in [-0.1, -0.05) is 19.4 Å². The topological polar surface area (TPSA) is 76.2 Å². The van der Waals surface area contributed by atoms with E-state index in [-0.39, 0.29) is 6.54 Å². The van der Waals surface area contributed by atoms with Gasteiger partial charge in [0.1, 0.15) is 0 Å². The van der Waals surface area contributed by atoms with E-state index in [1.165, 1.54) is 0 Å². The predicted octanol–water partition coefficient (Wildman–Crippen LogP) is 1.76. The van der Waals surface area contributed by atoms with Gasteiger partial charge in [-0.25, -0.2) is 0 Å². The van der Waals surface area contributed by atoms with Crippen LogP contribution in [0.5, 0.6) is 0 Å². The van der Waals surface area contributed by atoms with Gasteiger partial charge < -0.3 is 10.8 Å². The summed E-state index contributed by atoms with van der Waals surface area (Å²) < 4.78 is 0. The molecule has 0 aliphatic heterocycles. The molecule has 3 N–H and O–H groups in total. The maximum atomic E-state index is 11.4. The van der Waals surface area contributed by atoms with E-state index in [1.807, 2.05) is 32.0 Å². The molecule has 1 heterocycles. The first-order valence-corrected chi connectivity index (χ1v) is 5.90. The molecule has 1 aromatic rings. The van der Waals surface area contributed by atoms with Crippen molar-refractivity contribution in [3.63, 3.8) is 0 Å². The highest BCUT2D eigenvalue weighted by Gasteiger charge is 2.36. The number of hydrogen-bond acceptors (Lipinski definition) is 3. The molecule has 4 heteroatoms. The van der Waals surface area contributed by atoms with Crippen molar-refractivity contribution in [2.45, 2.75) is 33.1 Å². The van der Waals surface area contributed by atoms with Crippen LogP contribution in [0.25, 0.3) is 0 Å². The molecule has 0 saturated carbocycles. The van der Waals surface area contributed by atoms with Crippen molar-refractivity contribution in [1.29, 1.82) is 0 Å². The first-order valence-electron chi connectivity index (χ1n) is 5.90. The zero-order valence-corrected chi connectivity index (χ0v) is 10.4. The van der Waals surface area contributed by atoms with E-state index in [2.05, 4.69) is 4.98 Å². The number of carboxylic acid groups (broad SMARTS) is 1. The minimum atomic E-state index is -0.879. The molecule has 1 rings (SSSR count). The first kappa shape index (κ1) is 13.6.